The molecule has 0 saturated carbocycles. The summed E-state index contributed by atoms with van der Waals surface area (Å²) in [7, 11) is 0. The Morgan fingerprint density at radius 3 is 2.51 bits per heavy atom. The van der Waals surface area contributed by atoms with Crippen molar-refractivity contribution in [1.82, 2.24) is 9.66 Å². The maximum Gasteiger partial charge on any atom is 0.416 e. The highest BCUT2D eigenvalue weighted by Gasteiger charge is 2.31. The summed E-state index contributed by atoms with van der Waals surface area (Å²) in [6.45, 7) is -0.0812. The minimum Gasteiger partial charge on any atom is -0.488 e. The van der Waals surface area contributed by atoms with Crippen LogP contribution < -0.4 is 10.3 Å². The van der Waals surface area contributed by atoms with Crippen molar-refractivity contribution in [1.29, 1.82) is 0 Å². The summed E-state index contributed by atoms with van der Waals surface area (Å²) in [6, 6.07) is 21.8. The zero-order chi connectivity index (χ0) is 27.6. The predicted octanol–water partition coefficient (Wildman–Crippen LogP) is 7.34. The Kier molecular flexibility index (Phi) is 7.17. The van der Waals surface area contributed by atoms with E-state index in [2.05, 4.69) is 10.1 Å². The first-order valence-corrected chi connectivity index (χ1v) is 12.0. The monoisotopic (exact) mass is 551 g/mol. The van der Waals surface area contributed by atoms with Gasteiger partial charge in [-0.2, -0.15) is 22.9 Å². The summed E-state index contributed by atoms with van der Waals surface area (Å²) in [5.74, 6) is -0.216. The Morgan fingerprint density at radius 2 is 1.72 bits per heavy atom. The molecule has 0 aliphatic rings. The van der Waals surface area contributed by atoms with E-state index in [1.54, 1.807) is 54.6 Å². The molecular weight excluding hydrogens is 534 g/mol. The van der Waals surface area contributed by atoms with Gasteiger partial charge in [0, 0.05) is 21.7 Å². The SMILES string of the molecule is O=c1c2ccccc2nc(-c2cccc(C(F)(F)F)c2)n1N=Cc1cc(Cl)ccc1OCc1ccccc1F. The second-order valence-corrected chi connectivity index (χ2v) is 8.89. The van der Waals surface area contributed by atoms with E-state index in [-0.39, 0.29) is 23.4 Å². The Morgan fingerprint density at radius 1 is 0.949 bits per heavy atom. The molecule has 0 spiro atoms. The van der Waals surface area contributed by atoms with Crippen LogP contribution >= 0.6 is 11.6 Å². The fraction of sp³-hybridized carbons (Fsp3) is 0.0690. The molecule has 0 bridgehead atoms. The van der Waals surface area contributed by atoms with E-state index in [9.17, 15) is 22.4 Å². The number of para-hydroxylation sites is 1. The van der Waals surface area contributed by atoms with E-state index in [4.69, 9.17) is 16.3 Å². The lowest BCUT2D eigenvalue weighted by atomic mass is 10.1. The maximum absolute atomic E-state index is 14.1. The zero-order valence-corrected chi connectivity index (χ0v) is 20.7. The summed E-state index contributed by atoms with van der Waals surface area (Å²) in [5, 5.41) is 4.86. The van der Waals surface area contributed by atoms with Gasteiger partial charge in [-0.15, -0.1) is 0 Å². The molecule has 196 valence electrons. The fourth-order valence-corrected chi connectivity index (χ4v) is 4.08. The number of benzene rings is 4. The number of hydrogen-bond acceptors (Lipinski definition) is 4. The molecule has 0 radical (unpaired) electrons. The Hall–Kier alpha value is -4.50. The number of halogens is 5. The number of fused-ring (bicyclic) bond motifs is 1. The molecule has 0 fully saturated rings. The van der Waals surface area contributed by atoms with Gasteiger partial charge in [-0.1, -0.05) is 54.1 Å². The van der Waals surface area contributed by atoms with Crippen molar-refractivity contribution in [3.05, 3.63) is 129 Å². The molecule has 0 atom stereocenters. The number of rotatable bonds is 6. The second kappa shape index (κ2) is 10.7. The minimum atomic E-state index is -4.59. The highest BCUT2D eigenvalue weighted by molar-refractivity contribution is 6.30. The first-order valence-electron chi connectivity index (χ1n) is 11.6. The Bertz CT molecular complexity index is 1770. The number of alkyl halides is 3. The number of aromatic nitrogens is 2. The van der Waals surface area contributed by atoms with Crippen LogP contribution in [0, 0.1) is 5.82 Å². The molecule has 1 heterocycles. The topological polar surface area (TPSA) is 56.5 Å². The molecule has 5 nitrogen and oxygen atoms in total. The molecule has 5 rings (SSSR count). The number of nitrogens with zero attached hydrogens (tertiary/aromatic N) is 3. The third-order valence-electron chi connectivity index (χ3n) is 5.83. The van der Waals surface area contributed by atoms with E-state index in [0.717, 1.165) is 16.8 Å². The van der Waals surface area contributed by atoms with Crippen LogP contribution in [0.2, 0.25) is 5.02 Å². The molecule has 0 saturated heterocycles. The Labute approximate surface area is 224 Å². The van der Waals surface area contributed by atoms with Crippen molar-refractivity contribution < 1.29 is 22.3 Å². The third kappa shape index (κ3) is 5.68. The highest BCUT2D eigenvalue weighted by Crippen LogP contribution is 2.32. The molecule has 0 amide bonds. The van der Waals surface area contributed by atoms with Gasteiger partial charge >= 0.3 is 6.18 Å². The molecule has 0 aliphatic heterocycles. The summed E-state index contributed by atoms with van der Waals surface area (Å²) in [6.07, 6.45) is -3.30. The Balaban J connectivity index is 1.60. The molecule has 5 aromatic rings. The largest absolute Gasteiger partial charge is 0.488 e. The summed E-state index contributed by atoms with van der Waals surface area (Å²) in [4.78, 5) is 17.9. The van der Waals surface area contributed by atoms with Gasteiger partial charge in [-0.3, -0.25) is 4.79 Å². The highest BCUT2D eigenvalue weighted by atomic mass is 35.5. The van der Waals surface area contributed by atoms with Crippen LogP contribution in [0.1, 0.15) is 16.7 Å². The standard InChI is InChI=1S/C29H18ClF4N3O2/c30-22-12-13-26(39-17-19-6-1-3-10-24(19)31)20(15-22)16-35-37-27(18-7-5-8-21(14-18)29(32,33)34)36-25-11-4-2-9-23(25)28(37)38/h1-16H,17H2. The van der Waals surface area contributed by atoms with E-state index in [1.165, 1.54) is 30.5 Å². The molecule has 4 aromatic carbocycles. The van der Waals surface area contributed by atoms with Crippen molar-refractivity contribution >= 4 is 28.7 Å². The van der Waals surface area contributed by atoms with Crippen molar-refractivity contribution in [2.24, 2.45) is 5.10 Å². The molecule has 0 unspecified atom stereocenters. The van der Waals surface area contributed by atoms with Crippen LogP contribution in [0.5, 0.6) is 5.75 Å². The van der Waals surface area contributed by atoms with Crippen LogP contribution in [0.25, 0.3) is 22.3 Å². The van der Waals surface area contributed by atoms with Gasteiger partial charge in [0.25, 0.3) is 5.56 Å². The van der Waals surface area contributed by atoms with Gasteiger partial charge in [0.05, 0.1) is 22.7 Å². The van der Waals surface area contributed by atoms with Crippen LogP contribution in [0.15, 0.2) is 101 Å². The molecule has 1 aromatic heterocycles. The second-order valence-electron chi connectivity index (χ2n) is 8.45. The quantitative estimate of drug-likeness (QED) is 0.164. The molecule has 0 aliphatic carbocycles. The van der Waals surface area contributed by atoms with Crippen LogP contribution in [0.3, 0.4) is 0 Å². The van der Waals surface area contributed by atoms with Crippen molar-refractivity contribution in [3.8, 4) is 17.1 Å². The van der Waals surface area contributed by atoms with E-state index in [1.807, 2.05) is 0 Å². The molecule has 39 heavy (non-hydrogen) atoms. The fourth-order valence-electron chi connectivity index (χ4n) is 3.89. The lowest BCUT2D eigenvalue weighted by Gasteiger charge is -2.13. The van der Waals surface area contributed by atoms with Crippen LogP contribution in [-0.4, -0.2) is 15.9 Å². The first kappa shape index (κ1) is 26.1. The number of hydrogen-bond donors (Lipinski definition) is 0. The van der Waals surface area contributed by atoms with Crippen molar-refractivity contribution in [2.75, 3.05) is 0 Å². The van der Waals surface area contributed by atoms with Gasteiger partial charge in [0.15, 0.2) is 5.82 Å². The summed E-state index contributed by atoms with van der Waals surface area (Å²) >= 11 is 6.17. The van der Waals surface area contributed by atoms with Crippen LogP contribution in [0.4, 0.5) is 17.6 Å². The smallest absolute Gasteiger partial charge is 0.416 e. The van der Waals surface area contributed by atoms with Crippen molar-refractivity contribution in [2.45, 2.75) is 12.8 Å². The van der Waals surface area contributed by atoms with Crippen LogP contribution in [-0.2, 0) is 12.8 Å². The van der Waals surface area contributed by atoms with Gasteiger partial charge in [0.1, 0.15) is 18.2 Å². The predicted molar refractivity (Wildman–Crippen MR) is 142 cm³/mol. The number of ether oxygens (including phenoxy) is 1. The average Bonchev–Trinajstić information content (AvgIpc) is 2.92. The molecule has 0 N–H and O–H groups in total. The lowest BCUT2D eigenvalue weighted by Crippen LogP contribution is -2.20. The normalized spacial score (nSPS) is 11.8. The maximum atomic E-state index is 14.1. The first-order chi connectivity index (χ1) is 18.7. The van der Waals surface area contributed by atoms with Gasteiger partial charge < -0.3 is 4.74 Å². The van der Waals surface area contributed by atoms with Crippen molar-refractivity contribution in [3.63, 3.8) is 0 Å². The molecule has 10 heteroatoms. The molecular formula is C29H18ClF4N3O2. The lowest BCUT2D eigenvalue weighted by molar-refractivity contribution is -0.137. The van der Waals surface area contributed by atoms with Gasteiger partial charge in [-0.25, -0.2) is 9.37 Å². The summed E-state index contributed by atoms with van der Waals surface area (Å²) < 4.78 is 61.1. The van der Waals surface area contributed by atoms with E-state index >= 15 is 0 Å². The minimum absolute atomic E-state index is 0.0481. The van der Waals surface area contributed by atoms with Gasteiger partial charge in [0.2, 0.25) is 0 Å². The summed E-state index contributed by atoms with van der Waals surface area (Å²) in [5.41, 5.74) is -0.437. The zero-order valence-electron chi connectivity index (χ0n) is 20.0. The average molecular weight is 552 g/mol. The third-order valence-corrected chi connectivity index (χ3v) is 6.06. The van der Waals surface area contributed by atoms with E-state index in [0.29, 0.717) is 27.4 Å². The van der Waals surface area contributed by atoms with E-state index < -0.39 is 23.1 Å². The van der Waals surface area contributed by atoms with Gasteiger partial charge in [-0.05, 0) is 48.5 Å².